The molecule has 0 aliphatic heterocycles. The van der Waals surface area contributed by atoms with Gasteiger partial charge in [-0.15, -0.1) is 5.10 Å². The van der Waals surface area contributed by atoms with Crippen molar-refractivity contribution in [3.8, 4) is 0 Å². The first-order chi connectivity index (χ1) is 6.51. The minimum absolute atomic E-state index is 0.461. The fourth-order valence-corrected chi connectivity index (χ4v) is 1.21. The normalized spacial score (nSPS) is 12.0. The Bertz CT molecular complexity index is 277. The van der Waals surface area contributed by atoms with Crippen LogP contribution in [0.4, 0.5) is 0 Å². The molecule has 14 heavy (non-hydrogen) atoms. The molecule has 0 radical (unpaired) electrons. The Labute approximate surface area is 83.9 Å². The molecule has 5 heteroatoms. The van der Waals surface area contributed by atoms with Gasteiger partial charge in [0.05, 0.1) is 17.8 Å². The molecule has 0 saturated heterocycles. The molecule has 0 bridgehead atoms. The van der Waals surface area contributed by atoms with Crippen LogP contribution in [0.15, 0.2) is 6.20 Å². The van der Waals surface area contributed by atoms with Gasteiger partial charge in [0.25, 0.3) is 0 Å². The summed E-state index contributed by atoms with van der Waals surface area (Å²) in [7, 11) is 0. The molecule has 5 nitrogen and oxygen atoms in total. The van der Waals surface area contributed by atoms with E-state index in [1.807, 2.05) is 6.20 Å². The molecular formula is C9H18N4O. The highest BCUT2D eigenvalue weighted by molar-refractivity contribution is 4.92. The van der Waals surface area contributed by atoms with Gasteiger partial charge in [-0.2, -0.15) is 0 Å². The Kier molecular flexibility index (Phi) is 3.60. The predicted octanol–water partition coefficient (Wildman–Crippen LogP) is -0.0597. The highest BCUT2D eigenvalue weighted by Gasteiger charge is 2.14. The zero-order chi connectivity index (χ0) is 10.6. The molecule has 0 aliphatic carbocycles. The van der Waals surface area contributed by atoms with E-state index in [1.165, 1.54) is 0 Å². The summed E-state index contributed by atoms with van der Waals surface area (Å²) in [5.41, 5.74) is 5.57. The van der Waals surface area contributed by atoms with Crippen molar-refractivity contribution < 1.29 is 5.11 Å². The smallest absolute Gasteiger partial charge is 0.0827 e. The van der Waals surface area contributed by atoms with Crippen LogP contribution in [0.5, 0.6) is 0 Å². The second-order valence-corrected chi connectivity index (χ2v) is 4.11. The van der Waals surface area contributed by atoms with E-state index in [2.05, 4.69) is 10.3 Å². The summed E-state index contributed by atoms with van der Waals surface area (Å²) in [5.74, 6) is 0. The van der Waals surface area contributed by atoms with Crippen molar-refractivity contribution in [2.24, 2.45) is 5.73 Å². The van der Waals surface area contributed by atoms with Gasteiger partial charge in [-0.25, -0.2) is 4.68 Å². The van der Waals surface area contributed by atoms with Crippen LogP contribution in [-0.2, 0) is 13.0 Å². The van der Waals surface area contributed by atoms with Crippen molar-refractivity contribution >= 4 is 0 Å². The minimum atomic E-state index is -0.751. The maximum Gasteiger partial charge on any atom is 0.0827 e. The maximum absolute atomic E-state index is 9.55. The minimum Gasteiger partial charge on any atom is -0.389 e. The number of aliphatic hydroxyl groups is 1. The molecular weight excluding hydrogens is 180 g/mol. The molecule has 0 atom stereocenters. The van der Waals surface area contributed by atoms with Crippen molar-refractivity contribution in [3.63, 3.8) is 0 Å². The van der Waals surface area contributed by atoms with E-state index in [-0.39, 0.29) is 0 Å². The fraction of sp³-hybridized carbons (Fsp3) is 0.778. The van der Waals surface area contributed by atoms with Crippen LogP contribution in [-0.4, -0.2) is 32.2 Å². The van der Waals surface area contributed by atoms with Crippen LogP contribution in [0.25, 0.3) is 0 Å². The molecule has 0 aromatic carbocycles. The quantitative estimate of drug-likeness (QED) is 0.695. The summed E-state index contributed by atoms with van der Waals surface area (Å²) >= 11 is 0. The number of nitrogens with zero attached hydrogens (tertiary/aromatic N) is 3. The van der Waals surface area contributed by atoms with E-state index < -0.39 is 5.60 Å². The predicted molar refractivity (Wildman–Crippen MR) is 53.7 cm³/mol. The third-order valence-corrected chi connectivity index (χ3v) is 1.77. The summed E-state index contributed by atoms with van der Waals surface area (Å²) in [6.45, 7) is 4.61. The summed E-state index contributed by atoms with van der Waals surface area (Å²) < 4.78 is 1.66. The molecule has 1 rings (SSSR count). The molecule has 3 N–H and O–H groups in total. The van der Waals surface area contributed by atoms with Crippen LogP contribution in [0, 0.1) is 0 Å². The van der Waals surface area contributed by atoms with E-state index in [1.54, 1.807) is 18.5 Å². The lowest BCUT2D eigenvalue weighted by molar-refractivity contribution is 0.0571. The highest BCUT2D eigenvalue weighted by Crippen LogP contribution is 2.05. The maximum atomic E-state index is 9.55. The van der Waals surface area contributed by atoms with Crippen molar-refractivity contribution in [2.45, 2.75) is 38.8 Å². The number of nitrogens with two attached hydrogens (primary N) is 1. The second-order valence-electron chi connectivity index (χ2n) is 4.11. The van der Waals surface area contributed by atoms with E-state index in [0.29, 0.717) is 13.1 Å². The molecule has 0 spiro atoms. The largest absolute Gasteiger partial charge is 0.389 e. The van der Waals surface area contributed by atoms with Gasteiger partial charge in [0.15, 0.2) is 0 Å². The Hall–Kier alpha value is -0.940. The van der Waals surface area contributed by atoms with E-state index in [0.717, 1.165) is 18.5 Å². The third-order valence-electron chi connectivity index (χ3n) is 1.77. The molecule has 1 heterocycles. The molecule has 0 fully saturated rings. The summed E-state index contributed by atoms with van der Waals surface area (Å²) in [6.07, 6.45) is 3.62. The summed E-state index contributed by atoms with van der Waals surface area (Å²) in [6, 6.07) is 0. The van der Waals surface area contributed by atoms with Crippen LogP contribution in [0.2, 0.25) is 0 Å². The molecule has 80 valence electrons. The number of aryl methyl sites for hydroxylation is 1. The van der Waals surface area contributed by atoms with Crippen LogP contribution >= 0.6 is 0 Å². The lowest BCUT2D eigenvalue weighted by atomic mass is 10.1. The van der Waals surface area contributed by atoms with Gasteiger partial charge in [-0.05, 0) is 33.2 Å². The Morgan fingerprint density at radius 3 is 2.86 bits per heavy atom. The van der Waals surface area contributed by atoms with Crippen molar-refractivity contribution in [1.29, 1.82) is 0 Å². The SMILES string of the molecule is CC(C)(O)Cn1cc(CCCN)nn1. The molecule has 0 aliphatic rings. The Balaban J connectivity index is 2.51. The molecule has 0 saturated carbocycles. The topological polar surface area (TPSA) is 77.0 Å². The zero-order valence-corrected chi connectivity index (χ0v) is 8.77. The summed E-state index contributed by atoms with van der Waals surface area (Å²) in [4.78, 5) is 0. The van der Waals surface area contributed by atoms with Crippen LogP contribution in [0.3, 0.4) is 0 Å². The molecule has 0 unspecified atom stereocenters. The van der Waals surface area contributed by atoms with Gasteiger partial charge in [0.1, 0.15) is 0 Å². The highest BCUT2D eigenvalue weighted by atomic mass is 16.3. The van der Waals surface area contributed by atoms with Gasteiger partial charge < -0.3 is 10.8 Å². The van der Waals surface area contributed by atoms with Gasteiger partial charge in [-0.1, -0.05) is 5.21 Å². The van der Waals surface area contributed by atoms with Crippen molar-refractivity contribution in [3.05, 3.63) is 11.9 Å². The average molecular weight is 198 g/mol. The number of aromatic nitrogens is 3. The van der Waals surface area contributed by atoms with Crippen molar-refractivity contribution in [1.82, 2.24) is 15.0 Å². The van der Waals surface area contributed by atoms with Crippen LogP contribution in [0.1, 0.15) is 26.0 Å². The second kappa shape index (κ2) is 4.52. The lowest BCUT2D eigenvalue weighted by Gasteiger charge is -2.15. The monoisotopic (exact) mass is 198 g/mol. The molecule has 1 aromatic rings. The number of hydrogen-bond acceptors (Lipinski definition) is 4. The number of rotatable bonds is 5. The van der Waals surface area contributed by atoms with Crippen LogP contribution < -0.4 is 5.73 Å². The molecule has 0 amide bonds. The van der Waals surface area contributed by atoms with Gasteiger partial charge in [0.2, 0.25) is 0 Å². The standard InChI is InChI=1S/C9H18N4O/c1-9(2,14)7-13-6-8(11-12-13)4-3-5-10/h6,14H,3-5,7,10H2,1-2H3. The third kappa shape index (κ3) is 3.85. The van der Waals surface area contributed by atoms with Gasteiger partial charge in [0, 0.05) is 6.20 Å². The first-order valence-electron chi connectivity index (χ1n) is 4.83. The Morgan fingerprint density at radius 1 is 1.57 bits per heavy atom. The fourth-order valence-electron chi connectivity index (χ4n) is 1.21. The lowest BCUT2D eigenvalue weighted by Crippen LogP contribution is -2.26. The number of hydrogen-bond donors (Lipinski definition) is 2. The van der Waals surface area contributed by atoms with E-state index in [4.69, 9.17) is 5.73 Å². The first-order valence-corrected chi connectivity index (χ1v) is 4.83. The average Bonchev–Trinajstić information content (AvgIpc) is 2.46. The summed E-state index contributed by atoms with van der Waals surface area (Å²) in [5, 5.41) is 17.5. The Morgan fingerprint density at radius 2 is 2.29 bits per heavy atom. The molecule has 1 aromatic heterocycles. The van der Waals surface area contributed by atoms with Gasteiger partial charge >= 0.3 is 0 Å². The zero-order valence-electron chi connectivity index (χ0n) is 8.77. The van der Waals surface area contributed by atoms with E-state index in [9.17, 15) is 5.11 Å². The van der Waals surface area contributed by atoms with Gasteiger partial charge in [-0.3, -0.25) is 0 Å². The van der Waals surface area contributed by atoms with Crippen molar-refractivity contribution in [2.75, 3.05) is 6.54 Å². The van der Waals surface area contributed by atoms with E-state index >= 15 is 0 Å². The first kappa shape index (κ1) is 11.1.